The molecule has 0 saturated carbocycles. The predicted molar refractivity (Wildman–Crippen MR) is 80.5 cm³/mol. The van der Waals surface area contributed by atoms with Crippen LogP contribution in [-0.2, 0) is 0 Å². The van der Waals surface area contributed by atoms with Gasteiger partial charge in [-0.15, -0.1) is 0 Å². The number of nitriles is 1. The monoisotopic (exact) mass is 309 g/mol. The number of fused-ring (bicyclic) bond motifs is 1. The van der Waals surface area contributed by atoms with Gasteiger partial charge >= 0.3 is 0 Å². The minimum absolute atomic E-state index is 0.00486. The lowest BCUT2D eigenvalue weighted by molar-refractivity contribution is -0.384. The van der Waals surface area contributed by atoms with Gasteiger partial charge in [0.25, 0.3) is 5.69 Å². The third-order valence-electron chi connectivity index (χ3n) is 3.62. The average molecular weight is 309 g/mol. The third kappa shape index (κ3) is 2.42. The summed E-state index contributed by atoms with van der Waals surface area (Å²) in [5, 5.41) is 30.0. The number of aromatic hydroxyl groups is 1. The number of rotatable bonds is 2. The highest BCUT2D eigenvalue weighted by Crippen LogP contribution is 2.43. The first-order valence-electron chi connectivity index (χ1n) is 6.66. The lowest BCUT2D eigenvalue weighted by Crippen LogP contribution is -2.21. The van der Waals surface area contributed by atoms with E-state index >= 15 is 0 Å². The molecule has 114 valence electrons. The summed E-state index contributed by atoms with van der Waals surface area (Å²) in [4.78, 5) is 10.5. The van der Waals surface area contributed by atoms with Crippen molar-refractivity contribution >= 4 is 5.69 Å². The van der Waals surface area contributed by atoms with Gasteiger partial charge in [0.2, 0.25) is 5.88 Å². The molecule has 0 bridgehead atoms. The quantitative estimate of drug-likeness (QED) is 0.649. The third-order valence-corrected chi connectivity index (χ3v) is 3.62. The SMILES string of the molecule is N#CC1=C(N)Oc2cc(O)ccc2[C@@H]1c1cccc([N+](=O)[O-])c1. The fourth-order valence-corrected chi connectivity index (χ4v) is 2.60. The largest absolute Gasteiger partial charge is 0.508 e. The summed E-state index contributed by atoms with van der Waals surface area (Å²) in [5.74, 6) is -0.362. The molecule has 0 amide bonds. The van der Waals surface area contributed by atoms with E-state index < -0.39 is 10.8 Å². The molecule has 0 spiro atoms. The van der Waals surface area contributed by atoms with Crippen molar-refractivity contribution in [2.45, 2.75) is 5.92 Å². The van der Waals surface area contributed by atoms with Crippen LogP contribution in [0, 0.1) is 21.4 Å². The number of nitro groups is 1. The maximum absolute atomic E-state index is 11.0. The zero-order chi connectivity index (χ0) is 16.6. The second kappa shape index (κ2) is 5.35. The maximum atomic E-state index is 11.0. The van der Waals surface area contributed by atoms with Crippen molar-refractivity contribution in [2.24, 2.45) is 5.73 Å². The van der Waals surface area contributed by atoms with Crippen molar-refractivity contribution in [3.8, 4) is 17.6 Å². The number of nitrogens with two attached hydrogens (primary N) is 1. The Kier molecular flexibility index (Phi) is 3.35. The van der Waals surface area contributed by atoms with Crippen LogP contribution < -0.4 is 10.5 Å². The van der Waals surface area contributed by atoms with Crippen LogP contribution in [-0.4, -0.2) is 10.0 Å². The number of hydrogen-bond donors (Lipinski definition) is 2. The van der Waals surface area contributed by atoms with E-state index in [4.69, 9.17) is 10.5 Å². The highest BCUT2D eigenvalue weighted by molar-refractivity contribution is 5.58. The smallest absolute Gasteiger partial charge is 0.269 e. The van der Waals surface area contributed by atoms with E-state index in [9.17, 15) is 20.5 Å². The standard InChI is InChI=1S/C16H11N3O4/c17-8-13-15(9-2-1-3-10(6-9)19(21)22)12-5-4-11(20)7-14(12)23-16(13)18/h1-7,15,20H,18H2/t15-/m0/s1. The van der Waals surface area contributed by atoms with Gasteiger partial charge in [-0.25, -0.2) is 0 Å². The molecule has 2 aromatic rings. The Hall–Kier alpha value is -3.53. The summed E-state index contributed by atoms with van der Waals surface area (Å²) < 4.78 is 5.39. The molecule has 0 saturated heterocycles. The Morgan fingerprint density at radius 3 is 2.78 bits per heavy atom. The molecular formula is C16H11N3O4. The second-order valence-electron chi connectivity index (χ2n) is 5.00. The van der Waals surface area contributed by atoms with Crippen molar-refractivity contribution in [3.05, 3.63) is 75.2 Å². The van der Waals surface area contributed by atoms with Crippen LogP contribution in [0.1, 0.15) is 17.0 Å². The highest BCUT2D eigenvalue weighted by Gasteiger charge is 2.31. The molecule has 1 heterocycles. The molecule has 0 aliphatic carbocycles. The Morgan fingerprint density at radius 2 is 2.09 bits per heavy atom. The first-order valence-corrected chi connectivity index (χ1v) is 6.66. The van der Waals surface area contributed by atoms with E-state index in [1.54, 1.807) is 18.2 Å². The van der Waals surface area contributed by atoms with E-state index in [-0.39, 0.29) is 22.9 Å². The number of benzene rings is 2. The van der Waals surface area contributed by atoms with Gasteiger partial charge < -0.3 is 15.6 Å². The second-order valence-corrected chi connectivity index (χ2v) is 5.00. The summed E-state index contributed by atoms with van der Waals surface area (Å²) in [5.41, 5.74) is 7.05. The molecule has 1 atom stereocenters. The molecule has 7 nitrogen and oxygen atoms in total. The van der Waals surface area contributed by atoms with Crippen LogP contribution >= 0.6 is 0 Å². The van der Waals surface area contributed by atoms with Crippen LogP contribution in [0.5, 0.6) is 11.5 Å². The molecule has 3 N–H and O–H groups in total. The molecular weight excluding hydrogens is 298 g/mol. The molecule has 23 heavy (non-hydrogen) atoms. The molecule has 1 aliphatic rings. The summed E-state index contributed by atoms with van der Waals surface area (Å²) in [7, 11) is 0. The Morgan fingerprint density at radius 1 is 1.30 bits per heavy atom. The number of phenolic OH excluding ortho intramolecular Hbond substituents is 1. The molecule has 0 aromatic heterocycles. The number of phenols is 1. The lowest BCUT2D eigenvalue weighted by atomic mass is 9.83. The normalized spacial score (nSPS) is 16.2. The van der Waals surface area contributed by atoms with E-state index in [1.165, 1.54) is 24.3 Å². The summed E-state index contributed by atoms with van der Waals surface area (Å²) in [6.07, 6.45) is 0. The Balaban J connectivity index is 2.22. The van der Waals surface area contributed by atoms with E-state index in [0.717, 1.165) is 0 Å². The van der Waals surface area contributed by atoms with Crippen LogP contribution in [0.25, 0.3) is 0 Å². The molecule has 3 rings (SSSR count). The van der Waals surface area contributed by atoms with Crippen molar-refractivity contribution in [1.29, 1.82) is 5.26 Å². The van der Waals surface area contributed by atoms with Crippen LogP contribution in [0.15, 0.2) is 53.9 Å². The van der Waals surface area contributed by atoms with Crippen molar-refractivity contribution in [3.63, 3.8) is 0 Å². The maximum Gasteiger partial charge on any atom is 0.269 e. The van der Waals surface area contributed by atoms with Crippen LogP contribution in [0.2, 0.25) is 0 Å². The van der Waals surface area contributed by atoms with E-state index in [0.29, 0.717) is 16.9 Å². The van der Waals surface area contributed by atoms with E-state index in [1.807, 2.05) is 6.07 Å². The average Bonchev–Trinajstić information content (AvgIpc) is 2.53. The zero-order valence-electron chi connectivity index (χ0n) is 11.8. The van der Waals surface area contributed by atoms with Crippen molar-refractivity contribution < 1.29 is 14.8 Å². The van der Waals surface area contributed by atoms with Gasteiger partial charge in [0.15, 0.2) is 0 Å². The van der Waals surface area contributed by atoms with Gasteiger partial charge in [-0.2, -0.15) is 5.26 Å². The van der Waals surface area contributed by atoms with Gasteiger partial charge in [0.05, 0.1) is 10.8 Å². The van der Waals surface area contributed by atoms with Gasteiger partial charge in [-0.3, -0.25) is 10.1 Å². The zero-order valence-corrected chi connectivity index (χ0v) is 11.8. The minimum atomic E-state index is -0.593. The number of allylic oxidation sites excluding steroid dienone is 1. The molecule has 1 aliphatic heterocycles. The number of non-ortho nitro benzene ring substituents is 1. The fraction of sp³-hybridized carbons (Fsp3) is 0.0625. The molecule has 0 radical (unpaired) electrons. The number of hydrogen-bond acceptors (Lipinski definition) is 6. The number of nitrogens with zero attached hydrogens (tertiary/aromatic N) is 2. The fourth-order valence-electron chi connectivity index (χ4n) is 2.60. The molecule has 0 fully saturated rings. The lowest BCUT2D eigenvalue weighted by Gasteiger charge is -2.26. The summed E-state index contributed by atoms with van der Waals surface area (Å²) in [6.45, 7) is 0. The minimum Gasteiger partial charge on any atom is -0.508 e. The topological polar surface area (TPSA) is 122 Å². The molecule has 2 aromatic carbocycles. The Labute approximate surface area is 131 Å². The molecule has 0 unspecified atom stereocenters. The van der Waals surface area contributed by atoms with Crippen molar-refractivity contribution in [1.82, 2.24) is 0 Å². The summed E-state index contributed by atoms with van der Waals surface area (Å²) >= 11 is 0. The van der Waals surface area contributed by atoms with Crippen LogP contribution in [0.3, 0.4) is 0 Å². The van der Waals surface area contributed by atoms with Gasteiger partial charge in [0.1, 0.15) is 23.1 Å². The van der Waals surface area contributed by atoms with Crippen molar-refractivity contribution in [2.75, 3.05) is 0 Å². The molecule has 7 heteroatoms. The first-order chi connectivity index (χ1) is 11.0. The summed E-state index contributed by atoms with van der Waals surface area (Å²) in [6, 6.07) is 12.5. The van der Waals surface area contributed by atoms with Gasteiger partial charge in [0, 0.05) is 23.8 Å². The first kappa shape index (κ1) is 14.4. The van der Waals surface area contributed by atoms with E-state index in [2.05, 4.69) is 0 Å². The number of ether oxygens (including phenoxy) is 1. The highest BCUT2D eigenvalue weighted by atomic mass is 16.6. The number of nitro benzene ring substituents is 1. The van der Waals surface area contributed by atoms with Gasteiger partial charge in [-0.05, 0) is 11.6 Å². The predicted octanol–water partition coefficient (Wildman–Crippen LogP) is 2.52. The Bertz CT molecular complexity index is 883. The van der Waals surface area contributed by atoms with Crippen LogP contribution in [0.4, 0.5) is 5.69 Å². The van der Waals surface area contributed by atoms with Gasteiger partial charge in [-0.1, -0.05) is 18.2 Å².